The zero-order valence-corrected chi connectivity index (χ0v) is 38.7. The van der Waals surface area contributed by atoms with Gasteiger partial charge in [-0.05, 0) is 89.9 Å². The van der Waals surface area contributed by atoms with Crippen LogP contribution in [0.4, 0.5) is 0 Å². The monoisotopic (exact) mass is 875 g/mol. The molecule has 0 rings (SSSR count). The third kappa shape index (κ3) is 44.7. The van der Waals surface area contributed by atoms with Crippen LogP contribution in [0.25, 0.3) is 0 Å². The van der Waals surface area contributed by atoms with E-state index in [4.69, 9.17) is 23.6 Å². The molecule has 0 saturated heterocycles. The number of hydrogen-bond donors (Lipinski definition) is 3. The summed E-state index contributed by atoms with van der Waals surface area (Å²) in [6.45, 7) is 2.09. The van der Waals surface area contributed by atoms with E-state index >= 15 is 0 Å². The minimum atomic E-state index is -4.64. The first-order valence-electron chi connectivity index (χ1n) is 23.2. The van der Waals surface area contributed by atoms with E-state index in [9.17, 15) is 24.2 Å². The maximum absolute atomic E-state index is 12.7. The zero-order chi connectivity index (χ0) is 44.8. The Morgan fingerprint density at radius 2 is 0.852 bits per heavy atom. The number of phosphoric ester groups is 1. The number of phosphoric acid groups is 1. The lowest BCUT2D eigenvalue weighted by Gasteiger charge is -2.20. The number of carbonyl (C=O) groups excluding carboxylic acids is 2. The Morgan fingerprint density at radius 1 is 0.492 bits per heavy atom. The first-order valence-corrected chi connectivity index (χ1v) is 24.7. The fourth-order valence-electron chi connectivity index (χ4n) is 5.74. The summed E-state index contributed by atoms with van der Waals surface area (Å²) >= 11 is 0. The van der Waals surface area contributed by atoms with Gasteiger partial charge in [0.05, 0.1) is 19.8 Å². The van der Waals surface area contributed by atoms with Crippen molar-refractivity contribution in [2.75, 3.05) is 26.4 Å². The molecule has 0 aliphatic rings. The van der Waals surface area contributed by atoms with E-state index in [0.29, 0.717) is 12.8 Å². The minimum Gasteiger partial charge on any atom is -0.462 e. The van der Waals surface area contributed by atoms with Crippen LogP contribution in [0, 0.1) is 0 Å². The largest absolute Gasteiger partial charge is 0.472 e. The molecular formula is C50H83O10P. The van der Waals surface area contributed by atoms with Crippen LogP contribution in [0.3, 0.4) is 0 Å². The molecule has 0 aromatic carbocycles. The molecule has 0 aromatic heterocycles. The molecule has 3 N–H and O–H groups in total. The average molecular weight is 875 g/mol. The van der Waals surface area contributed by atoms with Gasteiger partial charge in [0.2, 0.25) is 0 Å². The van der Waals surface area contributed by atoms with Crippen molar-refractivity contribution in [2.45, 2.75) is 180 Å². The normalized spacial score (nSPS) is 14.6. The highest BCUT2D eigenvalue weighted by Crippen LogP contribution is 2.43. The topological polar surface area (TPSA) is 149 Å². The number of unbranched alkanes of at least 4 members (excludes halogenated alkanes) is 12. The molecule has 0 saturated carbocycles. The summed E-state index contributed by atoms with van der Waals surface area (Å²) in [5, 5.41) is 18.4. The van der Waals surface area contributed by atoms with Gasteiger partial charge in [-0.1, -0.05) is 162 Å². The molecule has 10 nitrogen and oxygen atoms in total. The van der Waals surface area contributed by atoms with Crippen molar-refractivity contribution in [1.29, 1.82) is 0 Å². The van der Waals surface area contributed by atoms with Crippen molar-refractivity contribution in [3.63, 3.8) is 0 Å². The summed E-state index contributed by atoms with van der Waals surface area (Å²) < 4.78 is 32.7. The van der Waals surface area contributed by atoms with Gasteiger partial charge in [0.25, 0.3) is 0 Å². The second-order valence-electron chi connectivity index (χ2n) is 15.0. The maximum Gasteiger partial charge on any atom is 0.472 e. The van der Waals surface area contributed by atoms with Gasteiger partial charge in [-0.2, -0.15) is 0 Å². The molecule has 0 aromatic rings. The number of aliphatic hydroxyl groups excluding tert-OH is 2. The number of carbonyl (C=O) groups is 2. The van der Waals surface area contributed by atoms with Crippen LogP contribution in [0.2, 0.25) is 0 Å². The summed E-state index contributed by atoms with van der Waals surface area (Å²) in [6.07, 6.45) is 55.2. The van der Waals surface area contributed by atoms with E-state index in [1.165, 1.54) is 38.5 Å². The van der Waals surface area contributed by atoms with Crippen molar-refractivity contribution < 1.29 is 47.8 Å². The second kappa shape index (κ2) is 44.9. The Kier molecular flexibility index (Phi) is 42.6. The Hall–Kier alpha value is -3.11. The lowest BCUT2D eigenvalue weighted by Crippen LogP contribution is -2.29. The van der Waals surface area contributed by atoms with Crippen molar-refractivity contribution in [3.8, 4) is 0 Å². The molecule has 348 valence electrons. The highest BCUT2D eigenvalue weighted by molar-refractivity contribution is 7.47. The Balaban J connectivity index is 4.29. The van der Waals surface area contributed by atoms with E-state index in [1.807, 2.05) is 0 Å². The molecule has 0 fully saturated rings. The Bertz CT molecular complexity index is 1330. The quantitative estimate of drug-likeness (QED) is 0.0234. The van der Waals surface area contributed by atoms with Crippen LogP contribution < -0.4 is 0 Å². The molecule has 0 aliphatic carbocycles. The van der Waals surface area contributed by atoms with Crippen molar-refractivity contribution in [1.82, 2.24) is 0 Å². The summed E-state index contributed by atoms with van der Waals surface area (Å²) in [5.74, 6) is -0.986. The zero-order valence-electron chi connectivity index (χ0n) is 37.8. The fourth-order valence-corrected chi connectivity index (χ4v) is 6.53. The molecule has 0 amide bonds. The van der Waals surface area contributed by atoms with E-state index in [1.54, 1.807) is 0 Å². The fraction of sp³-hybridized carbons (Fsp3) is 0.640. The van der Waals surface area contributed by atoms with Crippen molar-refractivity contribution in [2.24, 2.45) is 0 Å². The van der Waals surface area contributed by atoms with E-state index in [-0.39, 0.29) is 19.4 Å². The lowest BCUT2D eigenvalue weighted by atomic mass is 10.0. The van der Waals surface area contributed by atoms with Crippen LogP contribution in [0.15, 0.2) is 97.2 Å². The Morgan fingerprint density at radius 3 is 1.31 bits per heavy atom. The standard InChI is InChI=1S/C50H83O10P/c1-3-5-7-9-11-13-15-17-19-20-21-22-23-24-25-26-28-30-32-34-36-38-40-42-50(54)60-48(46-59-61(55,56)58-44-47(52)43-51)45-57-49(53)41-39-37-35-33-31-29-27-18-16-14-12-10-8-6-4-2/h5-8,11-14,17-19,21-22,27,31,33,47-48,51-52H,3-4,9-10,15-16,20,23-26,28-30,32,34-46H2,1-2H3,(H,55,56)/b7-5-,8-6-,13-11-,14-12-,19-17-,22-21-,27-18-,33-31-. The van der Waals surface area contributed by atoms with Gasteiger partial charge in [0.1, 0.15) is 12.7 Å². The molecule has 0 aliphatic heterocycles. The van der Waals surface area contributed by atoms with Crippen LogP contribution in [-0.4, -0.2) is 65.7 Å². The van der Waals surface area contributed by atoms with Crippen LogP contribution in [-0.2, 0) is 32.7 Å². The van der Waals surface area contributed by atoms with E-state index in [0.717, 1.165) is 89.9 Å². The molecule has 0 bridgehead atoms. The molecule has 3 unspecified atom stereocenters. The van der Waals surface area contributed by atoms with Crippen LogP contribution in [0.5, 0.6) is 0 Å². The third-order valence-corrected chi connectivity index (χ3v) is 10.2. The molecule has 11 heteroatoms. The van der Waals surface area contributed by atoms with E-state index < -0.39 is 51.8 Å². The molecule has 0 heterocycles. The highest BCUT2D eigenvalue weighted by Gasteiger charge is 2.27. The predicted octanol–water partition coefficient (Wildman–Crippen LogP) is 12.8. The lowest BCUT2D eigenvalue weighted by molar-refractivity contribution is -0.161. The smallest absolute Gasteiger partial charge is 0.462 e. The van der Waals surface area contributed by atoms with Gasteiger partial charge >= 0.3 is 19.8 Å². The summed E-state index contributed by atoms with van der Waals surface area (Å²) in [7, 11) is -4.64. The van der Waals surface area contributed by atoms with Crippen LogP contribution in [0.1, 0.15) is 168 Å². The first-order chi connectivity index (χ1) is 29.7. The summed E-state index contributed by atoms with van der Waals surface area (Å²) in [6, 6.07) is 0. The van der Waals surface area contributed by atoms with Gasteiger partial charge < -0.3 is 24.6 Å². The average Bonchev–Trinajstić information content (AvgIpc) is 3.25. The molecular weight excluding hydrogens is 792 g/mol. The highest BCUT2D eigenvalue weighted by atomic mass is 31.2. The number of allylic oxidation sites excluding steroid dienone is 16. The molecule has 0 radical (unpaired) electrons. The Labute approximate surface area is 370 Å². The second-order valence-corrected chi connectivity index (χ2v) is 16.5. The number of rotatable bonds is 42. The summed E-state index contributed by atoms with van der Waals surface area (Å²) in [4.78, 5) is 35.1. The van der Waals surface area contributed by atoms with Gasteiger partial charge in [-0.25, -0.2) is 4.57 Å². The summed E-state index contributed by atoms with van der Waals surface area (Å²) in [5.41, 5.74) is 0. The molecule has 61 heavy (non-hydrogen) atoms. The maximum atomic E-state index is 12.7. The predicted molar refractivity (Wildman–Crippen MR) is 251 cm³/mol. The van der Waals surface area contributed by atoms with Gasteiger partial charge in [0.15, 0.2) is 6.10 Å². The first kappa shape index (κ1) is 57.9. The number of ether oxygens (including phenoxy) is 2. The number of hydrogen-bond acceptors (Lipinski definition) is 9. The number of aliphatic hydroxyl groups is 2. The van der Waals surface area contributed by atoms with Crippen LogP contribution >= 0.6 is 7.82 Å². The van der Waals surface area contributed by atoms with Gasteiger partial charge in [-0.3, -0.25) is 18.6 Å². The van der Waals surface area contributed by atoms with Crippen molar-refractivity contribution in [3.05, 3.63) is 97.2 Å². The van der Waals surface area contributed by atoms with Gasteiger partial charge in [0, 0.05) is 12.8 Å². The minimum absolute atomic E-state index is 0.164. The van der Waals surface area contributed by atoms with Gasteiger partial charge in [-0.15, -0.1) is 0 Å². The SMILES string of the molecule is CC/C=C\C/C=C\C/C=C\C/C=C\CCCCCCCCCCCCC(=O)OC(COC(=O)CCCC/C=C\C/C=C\C/C=C\C/C=C\CC)COP(=O)(O)OCC(O)CO. The van der Waals surface area contributed by atoms with E-state index in [2.05, 4.69) is 111 Å². The molecule has 3 atom stereocenters. The molecule has 0 spiro atoms. The third-order valence-electron chi connectivity index (χ3n) is 9.23. The van der Waals surface area contributed by atoms with Crippen molar-refractivity contribution >= 4 is 19.8 Å². The number of esters is 2.